The summed E-state index contributed by atoms with van der Waals surface area (Å²) in [5.74, 6) is -0.785. The van der Waals surface area contributed by atoms with Crippen molar-refractivity contribution in [2.24, 2.45) is 5.92 Å². The molecule has 1 saturated heterocycles. The van der Waals surface area contributed by atoms with Crippen LogP contribution < -0.4 is 20.1 Å². The average molecular weight is 438 g/mol. The zero-order valence-corrected chi connectivity index (χ0v) is 17.4. The molecule has 0 radical (unpaired) electrons. The van der Waals surface area contributed by atoms with E-state index < -0.39 is 12.3 Å². The first-order valence-electron chi connectivity index (χ1n) is 9.78. The summed E-state index contributed by atoms with van der Waals surface area (Å²) in [6.07, 6.45) is -4.79. The first-order valence-corrected chi connectivity index (χ1v) is 9.78. The van der Waals surface area contributed by atoms with Gasteiger partial charge in [-0.1, -0.05) is 30.3 Å². The van der Waals surface area contributed by atoms with Crippen molar-refractivity contribution in [2.75, 3.05) is 14.2 Å². The molecule has 4 atom stereocenters. The van der Waals surface area contributed by atoms with E-state index in [0.29, 0.717) is 11.3 Å². The number of hydrogen-bond acceptors (Lipinski definition) is 6. The molecule has 0 spiro atoms. The lowest BCUT2D eigenvalue weighted by molar-refractivity contribution is -0.274. The summed E-state index contributed by atoms with van der Waals surface area (Å²) in [5, 5.41) is 6.75. The second-order valence-electron chi connectivity index (χ2n) is 7.32. The number of ether oxygens (including phenoxy) is 3. The third-order valence-corrected chi connectivity index (χ3v) is 5.37. The van der Waals surface area contributed by atoms with E-state index in [9.17, 15) is 18.0 Å². The molecule has 6 nitrogen and oxygen atoms in total. The van der Waals surface area contributed by atoms with Crippen molar-refractivity contribution < 1.29 is 32.2 Å². The van der Waals surface area contributed by atoms with Crippen LogP contribution in [-0.2, 0) is 16.1 Å². The molecule has 3 rings (SSSR count). The molecule has 1 fully saturated rings. The molecule has 168 valence electrons. The second-order valence-corrected chi connectivity index (χ2v) is 7.32. The predicted molar refractivity (Wildman–Crippen MR) is 108 cm³/mol. The summed E-state index contributed by atoms with van der Waals surface area (Å²) in [5.41, 5.74) is 1.46. The standard InChI is InChI=1S/C22H25F3N2O4/c1-13-18(21(28)30-3)20(19(27-13)14-7-5-4-6-8-14)26-12-15-11-16(31-22(23,24)25)9-10-17(15)29-2/h4-11,13,18-20,26-27H,12H2,1-3H3/t13?,18?,19?,20-/m0/s1. The third kappa shape index (κ3) is 5.48. The van der Waals surface area contributed by atoms with Crippen molar-refractivity contribution in [3.05, 3.63) is 59.7 Å². The number of esters is 1. The Morgan fingerprint density at radius 2 is 1.84 bits per heavy atom. The highest BCUT2D eigenvalue weighted by Gasteiger charge is 2.46. The van der Waals surface area contributed by atoms with Crippen LogP contribution in [0.5, 0.6) is 11.5 Å². The number of carbonyl (C=O) groups is 1. The van der Waals surface area contributed by atoms with E-state index in [1.807, 2.05) is 37.3 Å². The summed E-state index contributed by atoms with van der Waals surface area (Å²) in [6, 6.07) is 12.8. The monoisotopic (exact) mass is 438 g/mol. The maximum absolute atomic E-state index is 12.6. The first kappa shape index (κ1) is 22.9. The summed E-state index contributed by atoms with van der Waals surface area (Å²) >= 11 is 0. The highest BCUT2D eigenvalue weighted by Crippen LogP contribution is 2.34. The normalized spacial score (nSPS) is 23.4. The molecule has 3 unspecified atom stereocenters. The Balaban J connectivity index is 1.87. The Morgan fingerprint density at radius 3 is 2.45 bits per heavy atom. The van der Waals surface area contributed by atoms with Gasteiger partial charge in [0.2, 0.25) is 0 Å². The Morgan fingerprint density at radius 1 is 1.13 bits per heavy atom. The Bertz CT molecular complexity index is 892. The van der Waals surface area contributed by atoms with Crippen molar-refractivity contribution in [2.45, 2.75) is 38.0 Å². The predicted octanol–water partition coefficient (Wildman–Crippen LogP) is 3.57. The highest BCUT2D eigenvalue weighted by molar-refractivity contribution is 5.75. The first-order chi connectivity index (χ1) is 14.7. The maximum atomic E-state index is 12.6. The van der Waals surface area contributed by atoms with E-state index in [2.05, 4.69) is 15.4 Å². The van der Waals surface area contributed by atoms with Crippen molar-refractivity contribution in [3.8, 4) is 11.5 Å². The molecule has 0 aromatic heterocycles. The minimum atomic E-state index is -4.79. The van der Waals surface area contributed by atoms with Crippen LogP contribution in [0.15, 0.2) is 48.5 Å². The zero-order valence-electron chi connectivity index (χ0n) is 17.4. The lowest BCUT2D eigenvalue weighted by Gasteiger charge is -2.25. The Hall–Kier alpha value is -2.78. The quantitative estimate of drug-likeness (QED) is 0.645. The van der Waals surface area contributed by atoms with Crippen LogP contribution in [0.4, 0.5) is 13.2 Å². The van der Waals surface area contributed by atoms with Crippen molar-refractivity contribution in [3.63, 3.8) is 0 Å². The highest BCUT2D eigenvalue weighted by atomic mass is 19.4. The fraction of sp³-hybridized carbons (Fsp3) is 0.409. The number of rotatable bonds is 7. The average Bonchev–Trinajstić information content (AvgIpc) is 3.07. The summed E-state index contributed by atoms with van der Waals surface area (Å²) in [6.45, 7) is 2.06. The minimum Gasteiger partial charge on any atom is -0.496 e. The van der Waals surface area contributed by atoms with Gasteiger partial charge in [-0.05, 0) is 30.7 Å². The molecule has 0 aliphatic carbocycles. The van der Waals surface area contributed by atoms with Gasteiger partial charge in [0.25, 0.3) is 0 Å². The van der Waals surface area contributed by atoms with Gasteiger partial charge >= 0.3 is 12.3 Å². The Kier molecular flexibility index (Phi) is 7.07. The van der Waals surface area contributed by atoms with Gasteiger partial charge < -0.3 is 24.8 Å². The van der Waals surface area contributed by atoms with E-state index in [1.54, 1.807) is 0 Å². The van der Waals surface area contributed by atoms with Crippen LogP contribution in [0.1, 0.15) is 24.1 Å². The van der Waals surface area contributed by atoms with E-state index in [-0.39, 0.29) is 36.4 Å². The summed E-state index contributed by atoms with van der Waals surface area (Å²) in [4.78, 5) is 12.5. The number of methoxy groups -OCH3 is 2. The Labute approximate surface area is 178 Å². The second kappa shape index (κ2) is 9.57. The molecule has 2 N–H and O–H groups in total. The molecular formula is C22H25F3N2O4. The minimum absolute atomic E-state index is 0.161. The molecule has 9 heteroatoms. The summed E-state index contributed by atoms with van der Waals surface area (Å²) < 4.78 is 52.2. The van der Waals surface area contributed by atoms with Crippen LogP contribution in [0, 0.1) is 5.92 Å². The van der Waals surface area contributed by atoms with E-state index >= 15 is 0 Å². The fourth-order valence-electron chi connectivity index (χ4n) is 4.02. The molecule has 2 aromatic carbocycles. The van der Waals surface area contributed by atoms with Crippen LogP contribution in [-0.4, -0.2) is 38.6 Å². The van der Waals surface area contributed by atoms with Gasteiger partial charge in [0.05, 0.1) is 20.1 Å². The molecule has 2 aromatic rings. The van der Waals surface area contributed by atoms with Gasteiger partial charge in [0, 0.05) is 30.2 Å². The van der Waals surface area contributed by atoms with Crippen LogP contribution in [0.2, 0.25) is 0 Å². The zero-order chi connectivity index (χ0) is 22.6. The van der Waals surface area contributed by atoms with Crippen molar-refractivity contribution in [1.82, 2.24) is 10.6 Å². The molecule has 1 aliphatic rings. The number of hydrogen-bond donors (Lipinski definition) is 2. The molecule has 0 saturated carbocycles. The summed E-state index contributed by atoms with van der Waals surface area (Å²) in [7, 11) is 2.77. The van der Waals surface area contributed by atoms with E-state index in [1.165, 1.54) is 32.4 Å². The lowest BCUT2D eigenvalue weighted by Crippen LogP contribution is -2.42. The largest absolute Gasteiger partial charge is 0.573 e. The topological polar surface area (TPSA) is 68.8 Å². The molecule has 1 heterocycles. The number of carbonyl (C=O) groups excluding carboxylic acids is 1. The maximum Gasteiger partial charge on any atom is 0.573 e. The SMILES string of the molecule is COC(=O)C1C(C)NC(c2ccccc2)[C@H]1NCc1cc(OC(F)(F)F)ccc1OC. The van der Waals surface area contributed by atoms with Crippen molar-refractivity contribution >= 4 is 5.97 Å². The molecule has 0 bridgehead atoms. The van der Waals surface area contributed by atoms with Gasteiger partial charge in [-0.3, -0.25) is 4.79 Å². The molecule has 0 amide bonds. The van der Waals surface area contributed by atoms with Gasteiger partial charge in [-0.2, -0.15) is 0 Å². The molecule has 31 heavy (non-hydrogen) atoms. The fourth-order valence-corrected chi connectivity index (χ4v) is 4.02. The third-order valence-electron chi connectivity index (χ3n) is 5.37. The van der Waals surface area contributed by atoms with Gasteiger partial charge in [-0.25, -0.2) is 0 Å². The number of halogens is 3. The van der Waals surface area contributed by atoms with Gasteiger partial charge in [0.1, 0.15) is 11.5 Å². The van der Waals surface area contributed by atoms with Crippen LogP contribution >= 0.6 is 0 Å². The van der Waals surface area contributed by atoms with Crippen LogP contribution in [0.25, 0.3) is 0 Å². The lowest BCUT2D eigenvalue weighted by atomic mass is 9.91. The van der Waals surface area contributed by atoms with Crippen LogP contribution in [0.3, 0.4) is 0 Å². The van der Waals surface area contributed by atoms with Gasteiger partial charge in [0.15, 0.2) is 0 Å². The van der Waals surface area contributed by atoms with Crippen molar-refractivity contribution in [1.29, 1.82) is 0 Å². The van der Waals surface area contributed by atoms with E-state index in [0.717, 1.165) is 5.56 Å². The smallest absolute Gasteiger partial charge is 0.496 e. The molecular weight excluding hydrogens is 413 g/mol. The van der Waals surface area contributed by atoms with E-state index in [4.69, 9.17) is 9.47 Å². The number of alkyl halides is 3. The van der Waals surface area contributed by atoms with Gasteiger partial charge in [-0.15, -0.1) is 13.2 Å². The number of benzene rings is 2. The number of nitrogens with one attached hydrogen (secondary N) is 2. The molecule has 1 aliphatic heterocycles.